The quantitative estimate of drug-likeness (QED) is 0.798. The van der Waals surface area contributed by atoms with Gasteiger partial charge in [-0.15, -0.1) is 0 Å². The molecule has 0 saturated carbocycles. The van der Waals surface area contributed by atoms with E-state index in [9.17, 15) is 9.59 Å². The van der Waals surface area contributed by atoms with E-state index in [4.69, 9.17) is 9.84 Å². The first-order valence-electron chi connectivity index (χ1n) is 6.46. The molecule has 0 atom stereocenters. The second kappa shape index (κ2) is 7.09. The summed E-state index contributed by atoms with van der Waals surface area (Å²) in [7, 11) is 0. The molecule has 0 aromatic heterocycles. The van der Waals surface area contributed by atoms with Crippen molar-refractivity contribution in [3.63, 3.8) is 0 Å². The van der Waals surface area contributed by atoms with Gasteiger partial charge in [0, 0.05) is 5.56 Å². The number of ether oxygens (including phenoxy) is 1. The lowest BCUT2D eigenvalue weighted by atomic mass is 10.1. The zero-order valence-corrected chi connectivity index (χ0v) is 11.3. The second-order valence-corrected chi connectivity index (χ2v) is 4.30. The van der Waals surface area contributed by atoms with Crippen LogP contribution in [0, 0.1) is 0 Å². The third kappa shape index (κ3) is 4.35. The van der Waals surface area contributed by atoms with Gasteiger partial charge < -0.3 is 15.2 Å². The number of carboxylic acid groups (broad SMARTS) is 1. The minimum Gasteiger partial charge on any atom is -0.492 e. The van der Waals surface area contributed by atoms with E-state index in [1.165, 1.54) is 24.3 Å². The van der Waals surface area contributed by atoms with Crippen LogP contribution in [0.15, 0.2) is 54.6 Å². The Balaban J connectivity index is 1.78. The van der Waals surface area contributed by atoms with Crippen LogP contribution in [0.1, 0.15) is 20.7 Å². The molecule has 0 aliphatic heterocycles. The molecule has 0 radical (unpaired) electrons. The van der Waals surface area contributed by atoms with E-state index in [0.29, 0.717) is 18.7 Å². The van der Waals surface area contributed by atoms with Gasteiger partial charge in [0.15, 0.2) is 0 Å². The molecule has 2 aromatic rings. The predicted octanol–water partition coefficient (Wildman–Crippen LogP) is 2.19. The van der Waals surface area contributed by atoms with E-state index in [1.54, 1.807) is 0 Å². The fourth-order valence-corrected chi connectivity index (χ4v) is 1.72. The van der Waals surface area contributed by atoms with Gasteiger partial charge in [0.2, 0.25) is 0 Å². The van der Waals surface area contributed by atoms with Gasteiger partial charge in [-0.25, -0.2) is 4.79 Å². The maximum Gasteiger partial charge on any atom is 0.335 e. The molecule has 2 N–H and O–H groups in total. The number of hydrogen-bond donors (Lipinski definition) is 2. The largest absolute Gasteiger partial charge is 0.492 e. The van der Waals surface area contributed by atoms with E-state index in [2.05, 4.69) is 5.32 Å². The number of carbonyl (C=O) groups excluding carboxylic acids is 1. The van der Waals surface area contributed by atoms with Gasteiger partial charge in [-0.05, 0) is 36.4 Å². The zero-order chi connectivity index (χ0) is 15.1. The molecule has 5 heteroatoms. The van der Waals surface area contributed by atoms with Gasteiger partial charge in [-0.2, -0.15) is 0 Å². The Kier molecular flexibility index (Phi) is 4.93. The maximum absolute atomic E-state index is 11.8. The molecule has 5 nitrogen and oxygen atoms in total. The van der Waals surface area contributed by atoms with Gasteiger partial charge in [0.1, 0.15) is 12.4 Å². The first kappa shape index (κ1) is 14.6. The molecular formula is C16H15NO4. The van der Waals surface area contributed by atoms with Crippen LogP contribution in [0.3, 0.4) is 0 Å². The van der Waals surface area contributed by atoms with Crippen LogP contribution >= 0.6 is 0 Å². The van der Waals surface area contributed by atoms with E-state index < -0.39 is 5.97 Å². The van der Waals surface area contributed by atoms with Crippen molar-refractivity contribution in [1.29, 1.82) is 0 Å². The standard InChI is InChI=1S/C16H15NO4/c18-15(12-6-8-13(9-7-12)16(19)20)17-10-11-21-14-4-2-1-3-5-14/h1-9H,10-11H2,(H,17,18)(H,19,20). The number of rotatable bonds is 6. The van der Waals surface area contributed by atoms with Crippen molar-refractivity contribution in [2.24, 2.45) is 0 Å². The number of nitrogens with one attached hydrogen (secondary N) is 1. The van der Waals surface area contributed by atoms with Crippen molar-refractivity contribution >= 4 is 11.9 Å². The summed E-state index contributed by atoms with van der Waals surface area (Å²) in [5, 5.41) is 11.5. The maximum atomic E-state index is 11.8. The second-order valence-electron chi connectivity index (χ2n) is 4.30. The third-order valence-electron chi connectivity index (χ3n) is 2.79. The Morgan fingerprint density at radius 3 is 2.19 bits per heavy atom. The van der Waals surface area contributed by atoms with E-state index in [0.717, 1.165) is 5.75 Å². The molecule has 21 heavy (non-hydrogen) atoms. The van der Waals surface area contributed by atoms with E-state index in [-0.39, 0.29) is 11.5 Å². The Morgan fingerprint density at radius 2 is 1.57 bits per heavy atom. The fourth-order valence-electron chi connectivity index (χ4n) is 1.72. The van der Waals surface area contributed by atoms with Gasteiger partial charge in [0.25, 0.3) is 5.91 Å². The molecule has 0 fully saturated rings. The van der Waals surface area contributed by atoms with Crippen LogP contribution in [-0.2, 0) is 0 Å². The van der Waals surface area contributed by atoms with Gasteiger partial charge in [0.05, 0.1) is 12.1 Å². The molecule has 0 aliphatic carbocycles. The molecule has 108 valence electrons. The minimum absolute atomic E-state index is 0.152. The van der Waals surface area contributed by atoms with Crippen molar-refractivity contribution in [2.75, 3.05) is 13.2 Å². The van der Waals surface area contributed by atoms with Crippen molar-refractivity contribution < 1.29 is 19.4 Å². The smallest absolute Gasteiger partial charge is 0.335 e. The first-order chi connectivity index (χ1) is 10.2. The Morgan fingerprint density at radius 1 is 0.952 bits per heavy atom. The van der Waals surface area contributed by atoms with Crippen molar-refractivity contribution in [1.82, 2.24) is 5.32 Å². The number of para-hydroxylation sites is 1. The summed E-state index contributed by atoms with van der Waals surface area (Å²) in [5.41, 5.74) is 0.568. The highest BCUT2D eigenvalue weighted by Gasteiger charge is 2.07. The summed E-state index contributed by atoms with van der Waals surface area (Å²) >= 11 is 0. The fraction of sp³-hybridized carbons (Fsp3) is 0.125. The highest BCUT2D eigenvalue weighted by molar-refractivity contribution is 5.95. The summed E-state index contributed by atoms with van der Waals surface area (Å²) < 4.78 is 5.45. The number of carbonyl (C=O) groups is 2. The number of benzene rings is 2. The van der Waals surface area contributed by atoms with Crippen LogP contribution in [0.2, 0.25) is 0 Å². The Bertz CT molecular complexity index is 608. The van der Waals surface area contributed by atoms with E-state index >= 15 is 0 Å². The first-order valence-corrected chi connectivity index (χ1v) is 6.46. The molecule has 0 aliphatic rings. The highest BCUT2D eigenvalue weighted by atomic mass is 16.5. The van der Waals surface area contributed by atoms with Gasteiger partial charge >= 0.3 is 5.97 Å². The molecule has 2 rings (SSSR count). The molecule has 2 aromatic carbocycles. The van der Waals surface area contributed by atoms with Gasteiger partial charge in [-0.3, -0.25) is 4.79 Å². The lowest BCUT2D eigenvalue weighted by molar-refractivity contribution is 0.0696. The van der Waals surface area contributed by atoms with Crippen LogP contribution in [0.25, 0.3) is 0 Å². The van der Waals surface area contributed by atoms with Crippen molar-refractivity contribution in [3.8, 4) is 5.75 Å². The average Bonchev–Trinajstić information content (AvgIpc) is 2.52. The lowest BCUT2D eigenvalue weighted by Crippen LogP contribution is -2.28. The normalized spacial score (nSPS) is 9.90. The summed E-state index contributed by atoms with van der Waals surface area (Å²) in [6.07, 6.45) is 0. The van der Waals surface area contributed by atoms with Crippen LogP contribution in [-0.4, -0.2) is 30.1 Å². The predicted molar refractivity (Wildman–Crippen MR) is 77.7 cm³/mol. The van der Waals surface area contributed by atoms with Crippen LogP contribution < -0.4 is 10.1 Å². The van der Waals surface area contributed by atoms with E-state index in [1.807, 2.05) is 30.3 Å². The van der Waals surface area contributed by atoms with Crippen LogP contribution in [0.4, 0.5) is 0 Å². The number of amides is 1. The van der Waals surface area contributed by atoms with Crippen LogP contribution in [0.5, 0.6) is 5.75 Å². The molecule has 0 bridgehead atoms. The molecule has 1 amide bonds. The Hall–Kier alpha value is -2.82. The molecular weight excluding hydrogens is 270 g/mol. The number of hydrogen-bond acceptors (Lipinski definition) is 3. The molecule has 0 saturated heterocycles. The minimum atomic E-state index is -1.02. The summed E-state index contributed by atoms with van der Waals surface area (Å²) in [6, 6.07) is 15.1. The highest BCUT2D eigenvalue weighted by Crippen LogP contribution is 2.07. The summed E-state index contributed by atoms with van der Waals surface area (Å²) in [6.45, 7) is 0.734. The van der Waals surface area contributed by atoms with Crippen molar-refractivity contribution in [3.05, 3.63) is 65.7 Å². The molecule has 0 unspecified atom stereocenters. The monoisotopic (exact) mass is 285 g/mol. The topological polar surface area (TPSA) is 75.6 Å². The Labute approximate surface area is 122 Å². The average molecular weight is 285 g/mol. The van der Waals surface area contributed by atoms with Gasteiger partial charge in [-0.1, -0.05) is 18.2 Å². The molecule has 0 heterocycles. The summed E-state index contributed by atoms with van der Waals surface area (Å²) in [4.78, 5) is 22.5. The zero-order valence-electron chi connectivity index (χ0n) is 11.3. The van der Waals surface area contributed by atoms with Crippen molar-refractivity contribution in [2.45, 2.75) is 0 Å². The number of aromatic carboxylic acids is 1. The number of carboxylic acids is 1. The lowest BCUT2D eigenvalue weighted by Gasteiger charge is -2.07. The molecule has 0 spiro atoms. The SMILES string of the molecule is O=C(O)c1ccc(C(=O)NCCOc2ccccc2)cc1. The third-order valence-corrected chi connectivity index (χ3v) is 2.79. The summed E-state index contributed by atoms with van der Waals surface area (Å²) in [5.74, 6) is -0.528.